The second-order valence-corrected chi connectivity index (χ2v) is 4.23. The lowest BCUT2D eigenvalue weighted by Gasteiger charge is -2.11. The van der Waals surface area contributed by atoms with Gasteiger partial charge in [0.05, 0.1) is 33.6 Å². The number of amides is 2. The number of urea groups is 1. The predicted octanol–water partition coefficient (Wildman–Crippen LogP) is 1.22. The van der Waals surface area contributed by atoms with Crippen LogP contribution in [0, 0.1) is 0 Å². The average molecular weight is 319 g/mol. The minimum atomic E-state index is -0.423. The van der Waals surface area contributed by atoms with E-state index in [0.717, 1.165) is 0 Å². The van der Waals surface area contributed by atoms with Gasteiger partial charge in [0.1, 0.15) is 5.75 Å². The predicted molar refractivity (Wildman–Crippen MR) is 81.8 cm³/mol. The third kappa shape index (κ3) is 4.43. The molecule has 0 saturated heterocycles. The topological polar surface area (TPSA) is 107 Å². The number of carbonyl (C=O) groups is 1. The van der Waals surface area contributed by atoms with E-state index >= 15 is 0 Å². The Kier molecular flexibility index (Phi) is 5.50. The van der Waals surface area contributed by atoms with E-state index in [9.17, 15) is 4.79 Å². The first-order valence-electron chi connectivity index (χ1n) is 6.67. The summed E-state index contributed by atoms with van der Waals surface area (Å²) < 4.78 is 15.0. The third-order valence-electron chi connectivity index (χ3n) is 2.77. The van der Waals surface area contributed by atoms with E-state index in [2.05, 4.69) is 25.6 Å². The number of hydrogen-bond acceptors (Lipinski definition) is 7. The van der Waals surface area contributed by atoms with Crippen LogP contribution in [0.5, 0.6) is 17.8 Å². The van der Waals surface area contributed by atoms with E-state index in [-0.39, 0.29) is 18.6 Å². The SMILES string of the molecule is COc1nc(CNC(=O)Nc2ccccc2OC)nc(OC)n1. The molecule has 2 rings (SSSR count). The lowest BCUT2D eigenvalue weighted by Crippen LogP contribution is -2.29. The van der Waals surface area contributed by atoms with Crippen LogP contribution < -0.4 is 24.8 Å². The molecule has 1 aromatic carbocycles. The molecule has 1 heterocycles. The van der Waals surface area contributed by atoms with Crippen molar-refractivity contribution in [2.45, 2.75) is 6.54 Å². The van der Waals surface area contributed by atoms with Gasteiger partial charge in [-0.05, 0) is 12.1 Å². The molecular weight excluding hydrogens is 302 g/mol. The highest BCUT2D eigenvalue weighted by atomic mass is 16.5. The highest BCUT2D eigenvalue weighted by Gasteiger charge is 2.10. The van der Waals surface area contributed by atoms with Crippen molar-refractivity contribution in [2.75, 3.05) is 26.6 Å². The number of carbonyl (C=O) groups excluding carboxylic acids is 1. The largest absolute Gasteiger partial charge is 0.495 e. The Hall–Kier alpha value is -3.10. The second kappa shape index (κ2) is 7.78. The fraction of sp³-hybridized carbons (Fsp3) is 0.286. The molecule has 0 spiro atoms. The Morgan fingerprint density at radius 1 is 1.00 bits per heavy atom. The Bertz CT molecular complexity index is 658. The number of hydrogen-bond donors (Lipinski definition) is 2. The van der Waals surface area contributed by atoms with Gasteiger partial charge in [-0.3, -0.25) is 0 Å². The Morgan fingerprint density at radius 2 is 1.65 bits per heavy atom. The van der Waals surface area contributed by atoms with Crippen LogP contribution in [-0.2, 0) is 6.54 Å². The van der Waals surface area contributed by atoms with Crippen LogP contribution in [0.1, 0.15) is 5.82 Å². The molecule has 0 aliphatic carbocycles. The smallest absolute Gasteiger partial charge is 0.322 e. The first-order chi connectivity index (χ1) is 11.2. The molecule has 0 fully saturated rings. The van der Waals surface area contributed by atoms with Gasteiger partial charge in [-0.15, -0.1) is 4.98 Å². The molecule has 2 aromatic rings. The van der Waals surface area contributed by atoms with Crippen molar-refractivity contribution in [1.82, 2.24) is 20.3 Å². The van der Waals surface area contributed by atoms with Crippen molar-refractivity contribution in [3.05, 3.63) is 30.1 Å². The molecule has 1 aromatic heterocycles. The summed E-state index contributed by atoms with van der Waals surface area (Å²) in [7, 11) is 4.39. The number of rotatable bonds is 6. The standard InChI is InChI=1S/C14H17N5O4/c1-21-10-7-5-4-6-9(10)16-12(20)15-8-11-17-13(22-2)19-14(18-11)23-3/h4-7H,8H2,1-3H3,(H2,15,16,20). The number of para-hydroxylation sites is 2. The van der Waals surface area contributed by atoms with E-state index in [1.165, 1.54) is 21.3 Å². The van der Waals surface area contributed by atoms with Gasteiger partial charge in [-0.2, -0.15) is 9.97 Å². The maximum atomic E-state index is 12.0. The Balaban J connectivity index is 1.99. The summed E-state index contributed by atoms with van der Waals surface area (Å²) in [4.78, 5) is 23.9. The van der Waals surface area contributed by atoms with Crippen LogP contribution in [0.4, 0.5) is 10.5 Å². The summed E-state index contributed by atoms with van der Waals surface area (Å²) in [6, 6.07) is 6.88. The number of benzene rings is 1. The Morgan fingerprint density at radius 3 is 2.26 bits per heavy atom. The number of anilines is 1. The minimum Gasteiger partial charge on any atom is -0.495 e. The number of nitrogens with zero attached hydrogens (tertiary/aromatic N) is 3. The summed E-state index contributed by atoms with van der Waals surface area (Å²) in [5.41, 5.74) is 0.554. The molecule has 23 heavy (non-hydrogen) atoms. The molecule has 122 valence electrons. The van der Waals surface area contributed by atoms with Gasteiger partial charge >= 0.3 is 18.1 Å². The monoisotopic (exact) mass is 319 g/mol. The van der Waals surface area contributed by atoms with Gasteiger partial charge in [0, 0.05) is 0 Å². The maximum absolute atomic E-state index is 12.0. The van der Waals surface area contributed by atoms with Crippen LogP contribution in [-0.4, -0.2) is 42.3 Å². The van der Waals surface area contributed by atoms with Crippen molar-refractivity contribution >= 4 is 11.7 Å². The van der Waals surface area contributed by atoms with Crippen molar-refractivity contribution in [3.8, 4) is 17.8 Å². The summed E-state index contributed by atoms with van der Waals surface area (Å²) in [6.07, 6.45) is 0. The molecule has 0 saturated carbocycles. The summed E-state index contributed by atoms with van der Waals surface area (Å²) in [5.74, 6) is 0.870. The number of nitrogens with one attached hydrogen (secondary N) is 2. The van der Waals surface area contributed by atoms with Gasteiger partial charge < -0.3 is 24.8 Å². The van der Waals surface area contributed by atoms with Gasteiger partial charge in [0.15, 0.2) is 5.82 Å². The quantitative estimate of drug-likeness (QED) is 0.824. The summed E-state index contributed by atoms with van der Waals surface area (Å²) >= 11 is 0. The molecule has 9 nitrogen and oxygen atoms in total. The number of methoxy groups -OCH3 is 3. The zero-order valence-electron chi connectivity index (χ0n) is 13.0. The molecule has 2 N–H and O–H groups in total. The molecule has 0 aliphatic rings. The highest BCUT2D eigenvalue weighted by molar-refractivity contribution is 5.90. The number of ether oxygens (including phenoxy) is 3. The van der Waals surface area contributed by atoms with E-state index in [4.69, 9.17) is 14.2 Å². The number of aromatic nitrogens is 3. The first-order valence-corrected chi connectivity index (χ1v) is 6.67. The second-order valence-electron chi connectivity index (χ2n) is 4.23. The zero-order chi connectivity index (χ0) is 16.7. The van der Waals surface area contributed by atoms with Crippen molar-refractivity contribution < 1.29 is 19.0 Å². The molecule has 2 amide bonds. The summed E-state index contributed by atoms with van der Waals surface area (Å²) in [5, 5.41) is 5.31. The van der Waals surface area contributed by atoms with Crippen molar-refractivity contribution in [3.63, 3.8) is 0 Å². The highest BCUT2D eigenvalue weighted by Crippen LogP contribution is 2.22. The van der Waals surface area contributed by atoms with Gasteiger partial charge in [-0.1, -0.05) is 12.1 Å². The van der Waals surface area contributed by atoms with E-state index in [1.54, 1.807) is 18.2 Å². The fourth-order valence-corrected chi connectivity index (χ4v) is 1.71. The van der Waals surface area contributed by atoms with Gasteiger partial charge in [-0.25, -0.2) is 4.79 Å². The maximum Gasteiger partial charge on any atom is 0.322 e. The zero-order valence-corrected chi connectivity index (χ0v) is 13.0. The average Bonchev–Trinajstić information content (AvgIpc) is 2.60. The fourth-order valence-electron chi connectivity index (χ4n) is 1.71. The van der Waals surface area contributed by atoms with Crippen molar-refractivity contribution in [1.29, 1.82) is 0 Å². The molecule has 0 unspecified atom stereocenters. The van der Waals surface area contributed by atoms with Crippen molar-refractivity contribution in [2.24, 2.45) is 0 Å². The molecule has 0 aliphatic heterocycles. The summed E-state index contributed by atoms with van der Waals surface area (Å²) in [6.45, 7) is 0.0796. The van der Waals surface area contributed by atoms with E-state index < -0.39 is 6.03 Å². The van der Waals surface area contributed by atoms with Crippen LogP contribution in [0.2, 0.25) is 0 Å². The molecule has 9 heteroatoms. The van der Waals surface area contributed by atoms with Crippen LogP contribution >= 0.6 is 0 Å². The minimum absolute atomic E-state index is 0.0796. The molecule has 0 radical (unpaired) electrons. The Labute approximate surface area is 133 Å². The lowest BCUT2D eigenvalue weighted by atomic mass is 10.3. The first kappa shape index (κ1) is 16.3. The van der Waals surface area contributed by atoms with E-state index in [0.29, 0.717) is 17.3 Å². The molecule has 0 atom stereocenters. The van der Waals surface area contributed by atoms with Crippen LogP contribution in [0.15, 0.2) is 24.3 Å². The lowest BCUT2D eigenvalue weighted by molar-refractivity contribution is 0.251. The van der Waals surface area contributed by atoms with Crippen LogP contribution in [0.25, 0.3) is 0 Å². The normalized spacial score (nSPS) is 9.87. The van der Waals surface area contributed by atoms with E-state index in [1.807, 2.05) is 6.07 Å². The van der Waals surface area contributed by atoms with Gasteiger partial charge in [0.2, 0.25) is 0 Å². The van der Waals surface area contributed by atoms with Crippen LogP contribution in [0.3, 0.4) is 0 Å². The molecular formula is C14H17N5O4. The molecule has 0 bridgehead atoms. The third-order valence-corrected chi connectivity index (χ3v) is 2.77. The van der Waals surface area contributed by atoms with Gasteiger partial charge in [0.25, 0.3) is 0 Å².